The van der Waals surface area contributed by atoms with Crippen LogP contribution in [0.3, 0.4) is 0 Å². The maximum Gasteiger partial charge on any atom is 0.337 e. The van der Waals surface area contributed by atoms with Gasteiger partial charge in [-0.2, -0.15) is 0 Å². The summed E-state index contributed by atoms with van der Waals surface area (Å²) in [4.78, 5) is 29.4. The number of aromatic nitrogens is 1. The zero-order valence-corrected chi connectivity index (χ0v) is 15.5. The first-order chi connectivity index (χ1) is 12.3. The molecule has 1 fully saturated rings. The second-order valence-electron chi connectivity index (χ2n) is 7.73. The van der Waals surface area contributed by atoms with Crippen LogP contribution in [0, 0.1) is 5.92 Å². The summed E-state index contributed by atoms with van der Waals surface area (Å²) in [6.07, 6.45) is 2.57. The van der Waals surface area contributed by atoms with Gasteiger partial charge in [0.05, 0.1) is 18.3 Å². The first-order valence-electron chi connectivity index (χ1n) is 8.99. The summed E-state index contributed by atoms with van der Waals surface area (Å²) >= 11 is 0. The molecule has 2 aromatic rings. The Labute approximate surface area is 153 Å². The molecule has 0 radical (unpaired) electrons. The molecule has 3 rings (SSSR count). The molecule has 140 valence electrons. The lowest BCUT2D eigenvalue weighted by Crippen LogP contribution is -2.40. The van der Waals surface area contributed by atoms with Gasteiger partial charge in [-0.1, -0.05) is 0 Å². The normalized spacial score (nSPS) is 16.1. The van der Waals surface area contributed by atoms with Crippen LogP contribution in [0.25, 0.3) is 10.9 Å². The lowest BCUT2D eigenvalue weighted by Gasteiger charge is -2.34. The molecule has 2 N–H and O–H groups in total. The number of aliphatic hydroxyl groups is 1. The Morgan fingerprint density at radius 1 is 1.27 bits per heavy atom. The number of carbonyl (C=O) groups excluding carboxylic acids is 2. The highest BCUT2D eigenvalue weighted by Gasteiger charge is 2.28. The number of benzene rings is 1. The largest absolute Gasteiger partial charge is 0.465 e. The molecule has 26 heavy (non-hydrogen) atoms. The number of nitrogens with zero attached hydrogens (tertiary/aromatic N) is 1. The summed E-state index contributed by atoms with van der Waals surface area (Å²) in [5, 5.41) is 10.8. The number of aromatic amines is 1. The third-order valence-corrected chi connectivity index (χ3v) is 4.96. The van der Waals surface area contributed by atoms with Crippen molar-refractivity contribution in [3.05, 3.63) is 35.5 Å². The number of likely N-dealkylation sites (tertiary alicyclic amines) is 1. The molecule has 1 aromatic heterocycles. The smallest absolute Gasteiger partial charge is 0.337 e. The first kappa shape index (κ1) is 18.5. The number of nitrogens with one attached hydrogen (secondary N) is 1. The van der Waals surface area contributed by atoms with Gasteiger partial charge in [0.25, 0.3) is 5.91 Å². The summed E-state index contributed by atoms with van der Waals surface area (Å²) in [6, 6.07) is 6.98. The molecule has 1 aliphatic rings. The molecule has 2 heterocycles. The number of hydrogen-bond donors (Lipinski definition) is 2. The van der Waals surface area contributed by atoms with Gasteiger partial charge in [-0.3, -0.25) is 4.79 Å². The second kappa shape index (κ2) is 7.11. The van der Waals surface area contributed by atoms with Crippen molar-refractivity contribution in [1.82, 2.24) is 9.88 Å². The molecular weight excluding hydrogens is 332 g/mol. The lowest BCUT2D eigenvalue weighted by atomic mass is 9.86. The maximum absolute atomic E-state index is 12.8. The fourth-order valence-electron chi connectivity index (χ4n) is 3.71. The van der Waals surface area contributed by atoms with E-state index in [2.05, 4.69) is 4.98 Å². The summed E-state index contributed by atoms with van der Waals surface area (Å²) in [5.74, 6) is 0.0294. The number of esters is 1. The second-order valence-corrected chi connectivity index (χ2v) is 7.73. The van der Waals surface area contributed by atoms with E-state index in [0.29, 0.717) is 30.3 Å². The zero-order chi connectivity index (χ0) is 18.9. The summed E-state index contributed by atoms with van der Waals surface area (Å²) < 4.78 is 4.74. The Kier molecular flexibility index (Phi) is 5.05. The molecule has 6 nitrogen and oxygen atoms in total. The predicted octanol–water partition coefficient (Wildman–Crippen LogP) is 2.97. The number of methoxy groups -OCH3 is 1. The van der Waals surface area contributed by atoms with Crippen LogP contribution in [0.2, 0.25) is 0 Å². The lowest BCUT2D eigenvalue weighted by molar-refractivity contribution is 0.0356. The fourth-order valence-corrected chi connectivity index (χ4v) is 3.71. The molecule has 0 spiro atoms. The molecule has 0 aliphatic carbocycles. The van der Waals surface area contributed by atoms with Crippen LogP contribution < -0.4 is 0 Å². The maximum atomic E-state index is 12.8. The van der Waals surface area contributed by atoms with Crippen LogP contribution >= 0.6 is 0 Å². The average molecular weight is 358 g/mol. The fraction of sp³-hybridized carbons (Fsp3) is 0.500. The standard InChI is InChI=1S/C20H26N2O4/c1-20(2,25)12-13-6-8-22(9-7-13)18(23)17-11-15-10-14(19(24)26-3)4-5-16(15)21-17/h4-5,10-11,13,21,25H,6-9,12H2,1-3H3. The Morgan fingerprint density at radius 3 is 2.58 bits per heavy atom. The molecule has 0 saturated carbocycles. The van der Waals surface area contributed by atoms with E-state index in [-0.39, 0.29) is 5.91 Å². The summed E-state index contributed by atoms with van der Waals surface area (Å²) in [6.45, 7) is 5.06. The highest BCUT2D eigenvalue weighted by Crippen LogP contribution is 2.27. The average Bonchev–Trinajstić information content (AvgIpc) is 3.02. The topological polar surface area (TPSA) is 82.6 Å². The number of amides is 1. The highest BCUT2D eigenvalue weighted by molar-refractivity contribution is 6.00. The Hall–Kier alpha value is -2.34. The van der Waals surface area contributed by atoms with Crippen molar-refractivity contribution in [3.8, 4) is 0 Å². The van der Waals surface area contributed by atoms with Crippen LogP contribution in [-0.2, 0) is 4.74 Å². The Balaban J connectivity index is 1.69. The van der Waals surface area contributed by atoms with E-state index in [0.717, 1.165) is 30.2 Å². The number of fused-ring (bicyclic) bond motifs is 1. The molecule has 1 amide bonds. The van der Waals surface area contributed by atoms with Crippen LogP contribution in [0.15, 0.2) is 24.3 Å². The molecule has 0 bridgehead atoms. The van der Waals surface area contributed by atoms with Crippen LogP contribution in [0.1, 0.15) is 54.0 Å². The molecular formula is C20H26N2O4. The number of piperidine rings is 1. The number of H-pyrrole nitrogens is 1. The molecule has 1 aromatic carbocycles. The number of carbonyl (C=O) groups is 2. The van der Waals surface area contributed by atoms with E-state index in [1.165, 1.54) is 7.11 Å². The van der Waals surface area contributed by atoms with E-state index in [1.54, 1.807) is 24.3 Å². The van der Waals surface area contributed by atoms with Crippen LogP contribution in [-0.4, -0.2) is 52.7 Å². The van der Waals surface area contributed by atoms with Gasteiger partial charge in [-0.05, 0) is 63.3 Å². The van der Waals surface area contributed by atoms with Gasteiger partial charge in [0.2, 0.25) is 0 Å². The van der Waals surface area contributed by atoms with Gasteiger partial charge in [-0.25, -0.2) is 4.79 Å². The van der Waals surface area contributed by atoms with Crippen molar-refractivity contribution in [2.75, 3.05) is 20.2 Å². The van der Waals surface area contributed by atoms with Gasteiger partial charge in [0.1, 0.15) is 5.69 Å². The molecule has 0 unspecified atom stereocenters. The van der Waals surface area contributed by atoms with E-state index < -0.39 is 11.6 Å². The number of rotatable bonds is 4. The van der Waals surface area contributed by atoms with E-state index >= 15 is 0 Å². The molecule has 6 heteroatoms. The van der Waals surface area contributed by atoms with Gasteiger partial charge in [0, 0.05) is 24.0 Å². The Bertz CT molecular complexity index is 811. The van der Waals surface area contributed by atoms with Crippen molar-refractivity contribution < 1.29 is 19.4 Å². The SMILES string of the molecule is COC(=O)c1ccc2[nH]c(C(=O)N3CCC(CC(C)(C)O)CC3)cc2c1. The Morgan fingerprint density at radius 2 is 1.96 bits per heavy atom. The highest BCUT2D eigenvalue weighted by atomic mass is 16.5. The van der Waals surface area contributed by atoms with Crippen molar-refractivity contribution in [2.45, 2.75) is 38.7 Å². The zero-order valence-electron chi connectivity index (χ0n) is 15.5. The summed E-state index contributed by atoms with van der Waals surface area (Å²) in [5.41, 5.74) is 1.15. The minimum Gasteiger partial charge on any atom is -0.465 e. The third kappa shape index (κ3) is 4.07. The van der Waals surface area contributed by atoms with Crippen molar-refractivity contribution in [2.24, 2.45) is 5.92 Å². The minimum atomic E-state index is -0.661. The van der Waals surface area contributed by atoms with Crippen LogP contribution in [0.4, 0.5) is 0 Å². The van der Waals surface area contributed by atoms with Crippen molar-refractivity contribution >= 4 is 22.8 Å². The van der Waals surface area contributed by atoms with E-state index in [4.69, 9.17) is 4.74 Å². The van der Waals surface area contributed by atoms with E-state index in [1.807, 2.05) is 18.7 Å². The van der Waals surface area contributed by atoms with Gasteiger partial charge in [-0.15, -0.1) is 0 Å². The van der Waals surface area contributed by atoms with Crippen LogP contribution in [0.5, 0.6) is 0 Å². The van der Waals surface area contributed by atoms with Gasteiger partial charge < -0.3 is 19.7 Å². The quantitative estimate of drug-likeness (QED) is 0.823. The summed E-state index contributed by atoms with van der Waals surface area (Å²) in [7, 11) is 1.35. The third-order valence-electron chi connectivity index (χ3n) is 4.96. The molecule has 1 saturated heterocycles. The minimum absolute atomic E-state index is 0.0254. The predicted molar refractivity (Wildman–Crippen MR) is 99.2 cm³/mol. The van der Waals surface area contributed by atoms with Crippen molar-refractivity contribution in [1.29, 1.82) is 0 Å². The van der Waals surface area contributed by atoms with Gasteiger partial charge in [0.15, 0.2) is 0 Å². The molecule has 0 atom stereocenters. The molecule has 1 aliphatic heterocycles. The van der Waals surface area contributed by atoms with E-state index in [9.17, 15) is 14.7 Å². The van der Waals surface area contributed by atoms with Gasteiger partial charge >= 0.3 is 5.97 Å². The first-order valence-corrected chi connectivity index (χ1v) is 8.99. The number of hydrogen-bond acceptors (Lipinski definition) is 4. The van der Waals surface area contributed by atoms with Crippen molar-refractivity contribution in [3.63, 3.8) is 0 Å². The monoisotopic (exact) mass is 358 g/mol. The number of ether oxygens (including phenoxy) is 1.